The van der Waals surface area contributed by atoms with E-state index in [-0.39, 0.29) is 11.7 Å². The minimum atomic E-state index is -0.0728. The highest BCUT2D eigenvalue weighted by Gasteiger charge is 2.23. The van der Waals surface area contributed by atoms with E-state index < -0.39 is 0 Å². The molecular weight excluding hydrogens is 402 g/mol. The number of benzene rings is 1. The summed E-state index contributed by atoms with van der Waals surface area (Å²) in [6, 6.07) is 11.4. The second-order valence-corrected chi connectivity index (χ2v) is 8.77. The summed E-state index contributed by atoms with van der Waals surface area (Å²) in [5.41, 5.74) is 9.95. The zero-order chi connectivity index (χ0) is 21.9. The van der Waals surface area contributed by atoms with Crippen LogP contribution in [0, 0.1) is 0 Å². The number of anilines is 1. The second kappa shape index (κ2) is 9.12. The van der Waals surface area contributed by atoms with E-state index in [1.165, 1.54) is 19.3 Å². The van der Waals surface area contributed by atoms with E-state index in [9.17, 15) is 4.79 Å². The molecule has 1 fully saturated rings. The zero-order valence-electron chi connectivity index (χ0n) is 18.2. The number of fused-ring (bicyclic) bond motifs is 1. The molecule has 7 heteroatoms. The average molecular weight is 432 g/mol. The Labute approximate surface area is 187 Å². The third-order valence-electron chi connectivity index (χ3n) is 6.41. The number of nitrogens with one attached hydrogen (secondary N) is 1. The Balaban J connectivity index is 1.32. The predicted molar refractivity (Wildman–Crippen MR) is 124 cm³/mol. The summed E-state index contributed by atoms with van der Waals surface area (Å²) >= 11 is 0. The Morgan fingerprint density at radius 3 is 2.75 bits per heavy atom. The lowest BCUT2D eigenvalue weighted by Crippen LogP contribution is -2.35. The molecule has 0 radical (unpaired) electrons. The van der Waals surface area contributed by atoms with Gasteiger partial charge in [-0.15, -0.1) is 0 Å². The van der Waals surface area contributed by atoms with Gasteiger partial charge in [0, 0.05) is 49.1 Å². The number of rotatable bonds is 5. The van der Waals surface area contributed by atoms with E-state index >= 15 is 0 Å². The Morgan fingerprint density at radius 1 is 1.12 bits per heavy atom. The van der Waals surface area contributed by atoms with E-state index in [2.05, 4.69) is 20.9 Å². The van der Waals surface area contributed by atoms with Crippen LogP contribution in [0.15, 0.2) is 47.4 Å². The molecule has 166 valence electrons. The van der Waals surface area contributed by atoms with Crippen LogP contribution in [-0.4, -0.2) is 32.5 Å². The highest BCUT2D eigenvalue weighted by Crippen LogP contribution is 2.26. The van der Waals surface area contributed by atoms with Crippen LogP contribution < -0.4 is 16.0 Å². The first-order chi connectivity index (χ1) is 15.7. The molecule has 3 N–H and O–H groups in total. The van der Waals surface area contributed by atoms with E-state index in [4.69, 9.17) is 15.5 Å². The summed E-state index contributed by atoms with van der Waals surface area (Å²) in [7, 11) is 0. The number of pyridine rings is 1. The lowest BCUT2D eigenvalue weighted by Gasteiger charge is -2.29. The first-order valence-corrected chi connectivity index (χ1v) is 11.5. The van der Waals surface area contributed by atoms with Crippen LogP contribution in [0.4, 0.5) is 5.69 Å². The number of aromatic nitrogens is 3. The number of H-pyrrole nitrogens is 1. The van der Waals surface area contributed by atoms with E-state index in [0.29, 0.717) is 24.6 Å². The molecule has 1 aliphatic heterocycles. The van der Waals surface area contributed by atoms with Crippen LogP contribution in [-0.2, 0) is 19.5 Å². The topological polar surface area (TPSA) is 97.1 Å². The van der Waals surface area contributed by atoms with Crippen LogP contribution in [0.5, 0.6) is 5.88 Å². The lowest BCUT2D eigenvalue weighted by atomic mass is 9.98. The normalized spacial score (nSPS) is 17.1. The van der Waals surface area contributed by atoms with E-state index in [1.807, 2.05) is 30.3 Å². The molecule has 0 saturated heterocycles. The predicted octanol–water partition coefficient (Wildman–Crippen LogP) is 3.68. The molecule has 32 heavy (non-hydrogen) atoms. The molecule has 0 spiro atoms. The number of nitrogen functional groups attached to an aromatic ring is 1. The second-order valence-electron chi connectivity index (χ2n) is 8.77. The molecule has 3 aromatic rings. The van der Waals surface area contributed by atoms with E-state index in [0.717, 1.165) is 54.1 Å². The van der Waals surface area contributed by atoms with Crippen molar-refractivity contribution >= 4 is 5.69 Å². The van der Waals surface area contributed by atoms with Gasteiger partial charge in [0.15, 0.2) is 0 Å². The fourth-order valence-corrected chi connectivity index (χ4v) is 4.63. The van der Waals surface area contributed by atoms with Crippen molar-refractivity contribution in [3.05, 3.63) is 69.8 Å². The van der Waals surface area contributed by atoms with Crippen LogP contribution in [0.3, 0.4) is 0 Å². The van der Waals surface area contributed by atoms with Gasteiger partial charge in [-0.05, 0) is 56.0 Å². The molecule has 0 amide bonds. The third-order valence-corrected chi connectivity index (χ3v) is 6.41. The molecule has 7 nitrogen and oxygen atoms in total. The average Bonchev–Trinajstić information content (AvgIpc) is 2.82. The molecule has 0 unspecified atom stereocenters. The summed E-state index contributed by atoms with van der Waals surface area (Å²) in [5.74, 6) is 1.33. The molecule has 2 aromatic heterocycles. The number of nitrogens with two attached hydrogens (primary N) is 1. The number of nitrogens with zero attached hydrogens (tertiary/aromatic N) is 3. The Bertz CT molecular complexity index is 1140. The van der Waals surface area contributed by atoms with Gasteiger partial charge in [0.05, 0.1) is 11.3 Å². The fraction of sp³-hybridized carbons (Fsp3) is 0.400. The van der Waals surface area contributed by atoms with Crippen LogP contribution >= 0.6 is 0 Å². The minimum Gasteiger partial charge on any atom is -0.474 e. The van der Waals surface area contributed by atoms with Crippen molar-refractivity contribution in [2.24, 2.45) is 0 Å². The maximum Gasteiger partial charge on any atom is 0.255 e. The van der Waals surface area contributed by atoms with E-state index in [1.54, 1.807) is 6.20 Å². The van der Waals surface area contributed by atoms with Crippen LogP contribution in [0.1, 0.15) is 48.9 Å². The van der Waals surface area contributed by atoms with Crippen molar-refractivity contribution < 1.29 is 4.74 Å². The SMILES string of the molecule is Nc1ccc(-c2nc3c(c(=O)[nH]2)CN(Cc2cccnc2OC2CCCCC2)CC3)cc1. The summed E-state index contributed by atoms with van der Waals surface area (Å²) in [5, 5.41) is 0. The third kappa shape index (κ3) is 4.53. The zero-order valence-corrected chi connectivity index (χ0v) is 18.2. The van der Waals surface area contributed by atoms with Gasteiger partial charge in [-0.3, -0.25) is 9.69 Å². The first-order valence-electron chi connectivity index (χ1n) is 11.5. The molecule has 0 bridgehead atoms. The van der Waals surface area contributed by atoms with Gasteiger partial charge in [0.1, 0.15) is 11.9 Å². The van der Waals surface area contributed by atoms with Crippen molar-refractivity contribution in [3.8, 4) is 17.3 Å². The summed E-state index contributed by atoms with van der Waals surface area (Å²) in [4.78, 5) is 27.4. The molecule has 1 aromatic carbocycles. The van der Waals surface area contributed by atoms with Crippen LogP contribution in [0.2, 0.25) is 0 Å². The maximum atomic E-state index is 12.9. The van der Waals surface area contributed by atoms with Gasteiger partial charge >= 0.3 is 0 Å². The quantitative estimate of drug-likeness (QED) is 0.598. The molecular formula is C25H29N5O2. The molecule has 1 saturated carbocycles. The van der Waals surface area contributed by atoms with Gasteiger partial charge < -0.3 is 15.5 Å². The largest absolute Gasteiger partial charge is 0.474 e. The highest BCUT2D eigenvalue weighted by atomic mass is 16.5. The highest BCUT2D eigenvalue weighted by molar-refractivity contribution is 5.58. The van der Waals surface area contributed by atoms with Crippen molar-refractivity contribution in [2.75, 3.05) is 12.3 Å². The van der Waals surface area contributed by atoms with Crippen molar-refractivity contribution in [3.63, 3.8) is 0 Å². The summed E-state index contributed by atoms with van der Waals surface area (Å²) in [6.45, 7) is 2.11. The summed E-state index contributed by atoms with van der Waals surface area (Å²) in [6.07, 6.45) is 8.74. The molecule has 3 heterocycles. The number of aromatic amines is 1. The fourth-order valence-electron chi connectivity index (χ4n) is 4.63. The van der Waals surface area contributed by atoms with Crippen LogP contribution in [0.25, 0.3) is 11.4 Å². The lowest BCUT2D eigenvalue weighted by molar-refractivity contribution is 0.143. The van der Waals surface area contributed by atoms with Gasteiger partial charge in [-0.1, -0.05) is 12.5 Å². The molecule has 5 rings (SSSR count). The smallest absolute Gasteiger partial charge is 0.255 e. The standard InChI is InChI=1S/C25H29N5O2/c26-19-10-8-17(9-11-19)23-28-22-12-14-30(16-21(22)24(31)29-23)15-18-5-4-13-27-25(18)32-20-6-2-1-3-7-20/h4-5,8-11,13,20H,1-3,6-7,12,14-16,26H2,(H,28,29,31). The van der Waals surface area contributed by atoms with Crippen molar-refractivity contribution in [1.82, 2.24) is 19.9 Å². The Morgan fingerprint density at radius 2 is 1.94 bits per heavy atom. The van der Waals surface area contributed by atoms with Crippen molar-refractivity contribution in [2.45, 2.75) is 57.7 Å². The minimum absolute atomic E-state index is 0.0728. The Hall–Kier alpha value is -3.19. The Kier molecular flexibility index (Phi) is 5.90. The number of hydrogen-bond donors (Lipinski definition) is 2. The van der Waals surface area contributed by atoms with Gasteiger partial charge in [0.25, 0.3) is 5.56 Å². The van der Waals surface area contributed by atoms with Gasteiger partial charge in [-0.25, -0.2) is 9.97 Å². The summed E-state index contributed by atoms with van der Waals surface area (Å²) < 4.78 is 6.27. The molecule has 2 aliphatic rings. The molecule has 1 aliphatic carbocycles. The first kappa shape index (κ1) is 20.7. The monoisotopic (exact) mass is 431 g/mol. The van der Waals surface area contributed by atoms with Gasteiger partial charge in [-0.2, -0.15) is 0 Å². The van der Waals surface area contributed by atoms with Gasteiger partial charge in [0.2, 0.25) is 5.88 Å². The number of hydrogen-bond acceptors (Lipinski definition) is 6. The molecule has 0 atom stereocenters. The number of ether oxygens (including phenoxy) is 1. The maximum absolute atomic E-state index is 12.9. The van der Waals surface area contributed by atoms with Crippen molar-refractivity contribution in [1.29, 1.82) is 0 Å².